The van der Waals surface area contributed by atoms with Crippen molar-refractivity contribution in [3.63, 3.8) is 0 Å². The molecule has 0 spiro atoms. The summed E-state index contributed by atoms with van der Waals surface area (Å²) in [5.41, 5.74) is 0. The molecular formula is C9H23N. The predicted octanol–water partition coefficient (Wildman–Crippen LogP) is 2.81. The first kappa shape index (κ1) is 12.6. The fourth-order valence-corrected chi connectivity index (χ4v) is 0.901. The highest BCUT2D eigenvalue weighted by Crippen LogP contribution is 1.98. The van der Waals surface area contributed by atoms with Crippen LogP contribution in [-0.2, 0) is 0 Å². The van der Waals surface area contributed by atoms with Gasteiger partial charge in [0.25, 0.3) is 0 Å². The quantitative estimate of drug-likeness (QED) is 0.641. The first-order valence-electron chi connectivity index (χ1n) is 4.52. The van der Waals surface area contributed by atoms with E-state index in [4.69, 9.17) is 0 Å². The van der Waals surface area contributed by atoms with Crippen molar-refractivity contribution in [3.8, 4) is 0 Å². The Bertz CT molecular complexity index is 40.0. The van der Waals surface area contributed by atoms with Crippen molar-refractivity contribution in [2.75, 3.05) is 7.05 Å². The number of rotatable bonds is 4. The van der Waals surface area contributed by atoms with Crippen LogP contribution in [0.5, 0.6) is 0 Å². The van der Waals surface area contributed by atoms with Crippen LogP contribution in [0.3, 0.4) is 0 Å². The Kier molecular flexibility index (Phi) is 14.8. The van der Waals surface area contributed by atoms with E-state index in [1.54, 1.807) is 0 Å². The number of nitrogens with one attached hydrogen (secondary N) is 1. The Balaban J connectivity index is 0. The van der Waals surface area contributed by atoms with Gasteiger partial charge in [0.1, 0.15) is 0 Å². The van der Waals surface area contributed by atoms with E-state index in [-0.39, 0.29) is 0 Å². The molecule has 0 radical (unpaired) electrons. The van der Waals surface area contributed by atoms with Crippen LogP contribution in [0.4, 0.5) is 0 Å². The summed E-state index contributed by atoms with van der Waals surface area (Å²) < 4.78 is 0. The van der Waals surface area contributed by atoms with Gasteiger partial charge in [0.05, 0.1) is 0 Å². The zero-order valence-corrected chi connectivity index (χ0v) is 8.20. The zero-order chi connectivity index (χ0) is 8.41. The van der Waals surface area contributed by atoms with Gasteiger partial charge >= 0.3 is 0 Å². The third kappa shape index (κ3) is 7.96. The maximum atomic E-state index is 3.25. The summed E-state index contributed by atoms with van der Waals surface area (Å²) >= 11 is 0. The van der Waals surface area contributed by atoms with Gasteiger partial charge in [0.15, 0.2) is 0 Å². The van der Waals surface area contributed by atoms with Gasteiger partial charge in [-0.1, -0.05) is 34.1 Å². The van der Waals surface area contributed by atoms with Crippen LogP contribution in [-0.4, -0.2) is 13.1 Å². The molecular weight excluding hydrogens is 122 g/mol. The monoisotopic (exact) mass is 145 g/mol. The Morgan fingerprint density at radius 2 is 1.70 bits per heavy atom. The Labute approximate surface area is 66.2 Å². The molecule has 1 N–H and O–H groups in total. The van der Waals surface area contributed by atoms with Gasteiger partial charge in [-0.25, -0.2) is 0 Å². The van der Waals surface area contributed by atoms with Gasteiger partial charge < -0.3 is 5.32 Å². The highest BCUT2D eigenvalue weighted by Gasteiger charge is 1.97. The molecule has 0 aliphatic carbocycles. The minimum atomic E-state index is 0.750. The molecule has 0 aromatic rings. The first-order valence-corrected chi connectivity index (χ1v) is 4.52. The van der Waals surface area contributed by atoms with E-state index in [1.807, 2.05) is 20.9 Å². The van der Waals surface area contributed by atoms with Crippen molar-refractivity contribution < 1.29 is 0 Å². The Hall–Kier alpha value is -0.0400. The Morgan fingerprint density at radius 3 is 1.80 bits per heavy atom. The SMILES string of the molecule is CC.CCCC(CC)NC. The molecule has 1 nitrogen and oxygen atoms in total. The van der Waals surface area contributed by atoms with E-state index in [9.17, 15) is 0 Å². The van der Waals surface area contributed by atoms with E-state index in [2.05, 4.69) is 19.2 Å². The smallest absolute Gasteiger partial charge is 0.00613 e. The predicted molar refractivity (Wildman–Crippen MR) is 49.4 cm³/mol. The van der Waals surface area contributed by atoms with Gasteiger partial charge in [-0.05, 0) is 19.9 Å². The first-order chi connectivity index (χ1) is 4.85. The van der Waals surface area contributed by atoms with E-state index in [1.165, 1.54) is 19.3 Å². The molecule has 0 rings (SSSR count). The molecule has 0 aromatic carbocycles. The molecule has 64 valence electrons. The topological polar surface area (TPSA) is 12.0 Å². The highest BCUT2D eigenvalue weighted by atomic mass is 14.9. The molecule has 0 amide bonds. The van der Waals surface area contributed by atoms with Crippen molar-refractivity contribution in [2.45, 2.75) is 53.0 Å². The van der Waals surface area contributed by atoms with Crippen molar-refractivity contribution in [2.24, 2.45) is 0 Å². The maximum absolute atomic E-state index is 3.25. The summed E-state index contributed by atoms with van der Waals surface area (Å²) in [5.74, 6) is 0. The van der Waals surface area contributed by atoms with Gasteiger partial charge in [-0.15, -0.1) is 0 Å². The van der Waals surface area contributed by atoms with Gasteiger partial charge in [-0.3, -0.25) is 0 Å². The van der Waals surface area contributed by atoms with Crippen LogP contribution >= 0.6 is 0 Å². The summed E-state index contributed by atoms with van der Waals surface area (Å²) in [5, 5.41) is 3.25. The standard InChI is InChI=1S/C7H17N.C2H6/c1-4-6-7(5-2)8-3;1-2/h7-8H,4-6H2,1-3H3;1-2H3. The van der Waals surface area contributed by atoms with Gasteiger partial charge in [0.2, 0.25) is 0 Å². The third-order valence-electron chi connectivity index (χ3n) is 1.54. The molecule has 0 bridgehead atoms. The molecule has 0 aliphatic heterocycles. The summed E-state index contributed by atoms with van der Waals surface area (Å²) in [7, 11) is 2.03. The number of hydrogen-bond donors (Lipinski definition) is 1. The second-order valence-electron chi connectivity index (χ2n) is 2.18. The van der Waals surface area contributed by atoms with E-state index >= 15 is 0 Å². The fraction of sp³-hybridized carbons (Fsp3) is 1.00. The zero-order valence-electron chi connectivity index (χ0n) is 8.20. The summed E-state index contributed by atoms with van der Waals surface area (Å²) in [6, 6.07) is 0.750. The van der Waals surface area contributed by atoms with Gasteiger partial charge in [-0.2, -0.15) is 0 Å². The van der Waals surface area contributed by atoms with Crippen molar-refractivity contribution in [3.05, 3.63) is 0 Å². The molecule has 0 aliphatic rings. The van der Waals surface area contributed by atoms with Crippen LogP contribution in [0, 0.1) is 0 Å². The second-order valence-corrected chi connectivity index (χ2v) is 2.18. The second kappa shape index (κ2) is 11.7. The van der Waals surface area contributed by atoms with Crippen LogP contribution < -0.4 is 5.32 Å². The van der Waals surface area contributed by atoms with E-state index in [0.717, 1.165) is 6.04 Å². The lowest BCUT2D eigenvalue weighted by Gasteiger charge is -2.10. The summed E-state index contributed by atoms with van der Waals surface area (Å²) in [4.78, 5) is 0. The maximum Gasteiger partial charge on any atom is 0.00613 e. The van der Waals surface area contributed by atoms with Crippen molar-refractivity contribution in [1.82, 2.24) is 5.32 Å². The number of hydrogen-bond acceptors (Lipinski definition) is 1. The van der Waals surface area contributed by atoms with Crippen LogP contribution in [0.1, 0.15) is 47.0 Å². The lowest BCUT2D eigenvalue weighted by Crippen LogP contribution is -2.23. The van der Waals surface area contributed by atoms with E-state index in [0.29, 0.717) is 0 Å². The lowest BCUT2D eigenvalue weighted by molar-refractivity contribution is 0.503. The summed E-state index contributed by atoms with van der Waals surface area (Å²) in [6.45, 7) is 8.44. The van der Waals surface area contributed by atoms with Crippen molar-refractivity contribution >= 4 is 0 Å². The molecule has 10 heavy (non-hydrogen) atoms. The molecule has 0 saturated carbocycles. The normalized spacial score (nSPS) is 11.7. The molecule has 0 saturated heterocycles. The van der Waals surface area contributed by atoms with Crippen LogP contribution in [0.15, 0.2) is 0 Å². The average molecular weight is 145 g/mol. The fourth-order valence-electron chi connectivity index (χ4n) is 0.901. The highest BCUT2D eigenvalue weighted by molar-refractivity contribution is 4.59. The molecule has 1 unspecified atom stereocenters. The molecule has 0 fully saturated rings. The minimum Gasteiger partial charge on any atom is -0.317 e. The summed E-state index contributed by atoms with van der Waals surface area (Å²) in [6.07, 6.45) is 3.86. The largest absolute Gasteiger partial charge is 0.317 e. The van der Waals surface area contributed by atoms with E-state index < -0.39 is 0 Å². The minimum absolute atomic E-state index is 0.750. The third-order valence-corrected chi connectivity index (χ3v) is 1.54. The molecule has 1 atom stereocenters. The molecule has 1 heteroatoms. The van der Waals surface area contributed by atoms with Crippen molar-refractivity contribution in [1.29, 1.82) is 0 Å². The average Bonchev–Trinajstić information content (AvgIpc) is 2.04. The Morgan fingerprint density at radius 1 is 1.20 bits per heavy atom. The lowest BCUT2D eigenvalue weighted by atomic mass is 10.1. The van der Waals surface area contributed by atoms with Crippen LogP contribution in [0.2, 0.25) is 0 Å². The van der Waals surface area contributed by atoms with Crippen LogP contribution in [0.25, 0.3) is 0 Å². The van der Waals surface area contributed by atoms with Gasteiger partial charge in [0, 0.05) is 6.04 Å². The molecule has 0 aromatic heterocycles. The molecule has 0 heterocycles.